The van der Waals surface area contributed by atoms with E-state index in [1.165, 1.54) is 0 Å². The zero-order valence-electron chi connectivity index (χ0n) is 10.5. The minimum Gasteiger partial charge on any atom is -0.386 e. The molecule has 1 atom stereocenters. The third-order valence-corrected chi connectivity index (χ3v) is 3.75. The molecular weight excluding hydrogens is 250 g/mol. The molecule has 1 amide bonds. The second-order valence-corrected chi connectivity index (χ2v) is 5.38. The molecule has 0 aliphatic carbocycles. The fraction of sp³-hybridized carbons (Fsp3) is 0.500. The van der Waals surface area contributed by atoms with Gasteiger partial charge in [0.15, 0.2) is 0 Å². The van der Waals surface area contributed by atoms with Crippen LogP contribution in [0.25, 0.3) is 0 Å². The predicted molar refractivity (Wildman–Crippen MR) is 71.5 cm³/mol. The number of carbonyl (C=O) groups is 1. The molecule has 0 aromatic heterocycles. The van der Waals surface area contributed by atoms with Crippen molar-refractivity contribution in [2.24, 2.45) is 0 Å². The number of carbonyl (C=O) groups excluding carboxylic acids is 1. The summed E-state index contributed by atoms with van der Waals surface area (Å²) in [5.41, 5.74) is 0.104. The van der Waals surface area contributed by atoms with Crippen molar-refractivity contribution < 1.29 is 9.90 Å². The van der Waals surface area contributed by atoms with Crippen LogP contribution in [0, 0.1) is 0 Å². The number of likely N-dealkylation sites (tertiary alicyclic amines) is 1. The van der Waals surface area contributed by atoms with Gasteiger partial charge in [0.2, 0.25) is 5.91 Å². The maximum Gasteiger partial charge on any atom is 0.245 e. The Kier molecular flexibility index (Phi) is 3.93. The zero-order chi connectivity index (χ0) is 13.2. The van der Waals surface area contributed by atoms with E-state index in [0.717, 1.165) is 18.4 Å². The average Bonchev–Trinajstić information content (AvgIpc) is 2.35. The number of β-amino-alcohol motifs (C(OH)–C–C–N with tert-alkyl or cyclic N) is 1. The highest BCUT2D eigenvalue weighted by molar-refractivity contribution is 6.30. The summed E-state index contributed by atoms with van der Waals surface area (Å²) in [5.74, 6) is -0.122. The molecule has 0 radical (unpaired) electrons. The summed E-state index contributed by atoms with van der Waals surface area (Å²) in [4.78, 5) is 13.7. The average molecular weight is 268 g/mol. The Balaban J connectivity index is 1.94. The van der Waals surface area contributed by atoms with Crippen molar-refractivity contribution in [3.63, 3.8) is 0 Å². The lowest BCUT2D eigenvalue weighted by atomic mass is 9.89. The van der Waals surface area contributed by atoms with Gasteiger partial charge in [0, 0.05) is 0 Å². The lowest BCUT2D eigenvalue weighted by Crippen LogP contribution is -2.63. The highest BCUT2D eigenvalue weighted by Gasteiger charge is 2.44. The van der Waals surface area contributed by atoms with Crippen molar-refractivity contribution in [3.05, 3.63) is 35.9 Å². The second kappa shape index (κ2) is 5.29. The van der Waals surface area contributed by atoms with Crippen LogP contribution in [0.15, 0.2) is 30.3 Å². The SMILES string of the molecule is CCCC1(O)CN(C(=O)C(Cl)c2ccccc2)C1. The maximum atomic E-state index is 12.1. The van der Waals surface area contributed by atoms with E-state index in [1.807, 2.05) is 37.3 Å². The molecule has 1 saturated heterocycles. The van der Waals surface area contributed by atoms with E-state index in [9.17, 15) is 9.90 Å². The molecule has 1 aliphatic rings. The summed E-state index contributed by atoms with van der Waals surface area (Å²) in [6.07, 6.45) is 1.65. The predicted octanol–water partition coefficient (Wildman–Crippen LogP) is 2.34. The van der Waals surface area contributed by atoms with Crippen LogP contribution < -0.4 is 0 Å². The molecule has 1 fully saturated rings. The lowest BCUT2D eigenvalue weighted by Gasteiger charge is -2.47. The maximum absolute atomic E-state index is 12.1. The number of halogens is 1. The molecule has 4 heteroatoms. The summed E-state index contributed by atoms with van der Waals surface area (Å²) in [6, 6.07) is 9.30. The van der Waals surface area contributed by atoms with Gasteiger partial charge in [-0.25, -0.2) is 0 Å². The number of benzene rings is 1. The molecule has 0 bridgehead atoms. The molecule has 1 aliphatic heterocycles. The van der Waals surface area contributed by atoms with Gasteiger partial charge >= 0.3 is 0 Å². The third-order valence-electron chi connectivity index (χ3n) is 3.31. The first-order chi connectivity index (χ1) is 8.56. The van der Waals surface area contributed by atoms with Crippen LogP contribution in [0.2, 0.25) is 0 Å². The fourth-order valence-electron chi connectivity index (χ4n) is 2.37. The first-order valence-corrected chi connectivity index (χ1v) is 6.69. The number of amides is 1. The number of hydrogen-bond acceptors (Lipinski definition) is 2. The van der Waals surface area contributed by atoms with Gasteiger partial charge in [0.1, 0.15) is 5.38 Å². The molecule has 0 spiro atoms. The van der Waals surface area contributed by atoms with Gasteiger partial charge in [-0.05, 0) is 12.0 Å². The van der Waals surface area contributed by atoms with Crippen LogP contribution in [0.4, 0.5) is 0 Å². The highest BCUT2D eigenvalue weighted by Crippen LogP contribution is 2.31. The molecule has 1 aromatic rings. The molecule has 1 N–H and O–H groups in total. The lowest BCUT2D eigenvalue weighted by molar-refractivity contribution is -0.156. The zero-order valence-corrected chi connectivity index (χ0v) is 11.2. The summed E-state index contributed by atoms with van der Waals surface area (Å²) >= 11 is 6.16. The van der Waals surface area contributed by atoms with Crippen LogP contribution in [-0.4, -0.2) is 34.6 Å². The van der Waals surface area contributed by atoms with Crippen LogP contribution in [0.1, 0.15) is 30.7 Å². The number of rotatable bonds is 4. The van der Waals surface area contributed by atoms with Crippen LogP contribution in [-0.2, 0) is 4.79 Å². The Labute approximate surface area is 112 Å². The molecule has 1 heterocycles. The van der Waals surface area contributed by atoms with E-state index < -0.39 is 11.0 Å². The standard InChI is InChI=1S/C14H18ClNO2/c1-2-8-14(18)9-16(10-14)13(17)12(15)11-6-4-3-5-7-11/h3-7,12,18H,2,8-10H2,1H3. The number of nitrogens with zero attached hydrogens (tertiary/aromatic N) is 1. The smallest absolute Gasteiger partial charge is 0.245 e. The summed E-state index contributed by atoms with van der Waals surface area (Å²) < 4.78 is 0. The minimum atomic E-state index is -0.697. The van der Waals surface area contributed by atoms with Gasteiger partial charge in [-0.2, -0.15) is 0 Å². The summed E-state index contributed by atoms with van der Waals surface area (Å²) in [5, 5.41) is 9.39. The Morgan fingerprint density at radius 3 is 2.61 bits per heavy atom. The normalized spacial score (nSPS) is 19.2. The van der Waals surface area contributed by atoms with Crippen LogP contribution >= 0.6 is 11.6 Å². The quantitative estimate of drug-likeness (QED) is 0.851. The first kappa shape index (κ1) is 13.4. The summed E-state index contributed by atoms with van der Waals surface area (Å²) in [7, 11) is 0. The topological polar surface area (TPSA) is 40.5 Å². The molecular formula is C14H18ClNO2. The van der Waals surface area contributed by atoms with Gasteiger partial charge in [-0.3, -0.25) is 4.79 Å². The van der Waals surface area contributed by atoms with Gasteiger partial charge in [-0.15, -0.1) is 11.6 Å². The molecule has 3 nitrogen and oxygen atoms in total. The van der Waals surface area contributed by atoms with Crippen LogP contribution in [0.5, 0.6) is 0 Å². The molecule has 2 rings (SSSR count). The van der Waals surface area contributed by atoms with Crippen molar-refractivity contribution in [2.75, 3.05) is 13.1 Å². The Morgan fingerprint density at radius 1 is 1.44 bits per heavy atom. The Morgan fingerprint density at radius 2 is 2.06 bits per heavy atom. The van der Waals surface area contributed by atoms with Crippen molar-refractivity contribution in [3.8, 4) is 0 Å². The molecule has 18 heavy (non-hydrogen) atoms. The third kappa shape index (κ3) is 2.68. The second-order valence-electron chi connectivity index (χ2n) is 4.94. The largest absolute Gasteiger partial charge is 0.386 e. The van der Waals surface area contributed by atoms with E-state index in [0.29, 0.717) is 13.1 Å². The van der Waals surface area contributed by atoms with Crippen molar-refractivity contribution in [2.45, 2.75) is 30.7 Å². The van der Waals surface area contributed by atoms with Gasteiger partial charge in [0.05, 0.1) is 18.7 Å². The number of alkyl halides is 1. The molecule has 1 aromatic carbocycles. The van der Waals surface area contributed by atoms with E-state index in [4.69, 9.17) is 11.6 Å². The Bertz CT molecular complexity index is 415. The highest BCUT2D eigenvalue weighted by atomic mass is 35.5. The van der Waals surface area contributed by atoms with Crippen molar-refractivity contribution in [1.82, 2.24) is 4.90 Å². The number of aliphatic hydroxyl groups is 1. The van der Waals surface area contributed by atoms with E-state index in [2.05, 4.69) is 0 Å². The molecule has 0 saturated carbocycles. The van der Waals surface area contributed by atoms with E-state index in [-0.39, 0.29) is 5.91 Å². The Hall–Kier alpha value is -1.06. The van der Waals surface area contributed by atoms with E-state index >= 15 is 0 Å². The van der Waals surface area contributed by atoms with Crippen molar-refractivity contribution in [1.29, 1.82) is 0 Å². The fourth-order valence-corrected chi connectivity index (χ4v) is 2.65. The monoisotopic (exact) mass is 267 g/mol. The number of hydrogen-bond donors (Lipinski definition) is 1. The van der Waals surface area contributed by atoms with Gasteiger partial charge < -0.3 is 10.0 Å². The molecule has 1 unspecified atom stereocenters. The molecule has 98 valence electrons. The van der Waals surface area contributed by atoms with Crippen LogP contribution in [0.3, 0.4) is 0 Å². The first-order valence-electron chi connectivity index (χ1n) is 6.26. The summed E-state index contributed by atoms with van der Waals surface area (Å²) in [6.45, 7) is 2.82. The van der Waals surface area contributed by atoms with Crippen molar-refractivity contribution >= 4 is 17.5 Å². The minimum absolute atomic E-state index is 0.122. The van der Waals surface area contributed by atoms with Gasteiger partial charge in [0.25, 0.3) is 0 Å². The van der Waals surface area contributed by atoms with E-state index in [1.54, 1.807) is 4.90 Å². The van der Waals surface area contributed by atoms with Gasteiger partial charge in [-0.1, -0.05) is 43.7 Å².